The molecule has 0 fully saturated rings. The largest absolute Gasteiger partial charge is 0.341 e. The van der Waals surface area contributed by atoms with Gasteiger partial charge in [-0.15, -0.1) is 34.0 Å². The predicted octanol–water partition coefficient (Wildman–Crippen LogP) is 6.51. The molecule has 48 heavy (non-hydrogen) atoms. The van der Waals surface area contributed by atoms with Crippen LogP contribution in [0.1, 0.15) is 81.3 Å². The second-order valence-corrected chi connectivity index (χ2v) is 14.0. The molecule has 0 unspecified atom stereocenters. The maximum absolute atomic E-state index is 13.7. The number of aromatic nitrogens is 3. The van der Waals surface area contributed by atoms with Crippen molar-refractivity contribution in [2.24, 2.45) is 0 Å². The van der Waals surface area contributed by atoms with Crippen molar-refractivity contribution in [3.05, 3.63) is 156 Å². The first kappa shape index (κ1) is 31.6. The maximum atomic E-state index is 13.7. The summed E-state index contributed by atoms with van der Waals surface area (Å²) in [7, 11) is 0. The molecule has 12 heteroatoms. The number of hydrogen-bond acceptors (Lipinski definition) is 9. The summed E-state index contributed by atoms with van der Waals surface area (Å²) < 4.78 is 0. The maximum Gasteiger partial charge on any atom is 0.271 e. The van der Waals surface area contributed by atoms with Crippen molar-refractivity contribution in [1.29, 1.82) is 0 Å². The number of fused-ring (bicyclic) bond motifs is 6. The molecule has 9 nitrogen and oxygen atoms in total. The quantitative estimate of drug-likeness (QED) is 0.183. The second kappa shape index (κ2) is 14.4. The number of thiazole rings is 3. The molecule has 7 rings (SSSR count). The highest BCUT2D eigenvalue weighted by Gasteiger charge is 2.28. The fourth-order valence-electron chi connectivity index (χ4n) is 5.50. The lowest BCUT2D eigenvalue weighted by Gasteiger charge is -2.18. The van der Waals surface area contributed by atoms with E-state index < -0.39 is 18.1 Å². The normalized spacial score (nSPS) is 18.2. The third-order valence-corrected chi connectivity index (χ3v) is 10.8. The van der Waals surface area contributed by atoms with E-state index in [-0.39, 0.29) is 34.8 Å². The highest BCUT2D eigenvalue weighted by atomic mass is 32.1. The molecule has 0 spiro atoms. The second-order valence-electron chi connectivity index (χ2n) is 11.4. The Morgan fingerprint density at radius 1 is 0.438 bits per heavy atom. The molecule has 4 heterocycles. The Kier molecular flexibility index (Phi) is 9.46. The molecule has 3 aromatic carbocycles. The molecule has 3 amide bonds. The molecule has 1 aliphatic rings. The summed E-state index contributed by atoms with van der Waals surface area (Å²) in [5.74, 6) is -1.09. The zero-order chi connectivity index (χ0) is 32.9. The topological polar surface area (TPSA) is 126 Å². The Bertz CT molecular complexity index is 1790. The number of carbonyl (C=O) groups is 3. The molecular weight excluding hydrogens is 661 g/mol. The third-order valence-electron chi connectivity index (χ3n) is 7.92. The molecule has 3 N–H and O–H groups in total. The van der Waals surface area contributed by atoms with E-state index in [2.05, 4.69) is 16.0 Å². The van der Waals surface area contributed by atoms with Gasteiger partial charge >= 0.3 is 0 Å². The van der Waals surface area contributed by atoms with Crippen LogP contribution in [0.25, 0.3) is 0 Å². The van der Waals surface area contributed by atoms with E-state index in [0.29, 0.717) is 34.3 Å². The lowest BCUT2D eigenvalue weighted by Crippen LogP contribution is -2.33. The van der Waals surface area contributed by atoms with Crippen molar-refractivity contribution in [2.75, 3.05) is 0 Å². The summed E-state index contributed by atoms with van der Waals surface area (Å²) >= 11 is 3.97. The van der Waals surface area contributed by atoms with Crippen molar-refractivity contribution < 1.29 is 14.4 Å². The van der Waals surface area contributed by atoms with Gasteiger partial charge in [0.15, 0.2) is 0 Å². The first-order valence-corrected chi connectivity index (χ1v) is 18.0. The molecule has 1 aliphatic heterocycles. The van der Waals surface area contributed by atoms with Crippen LogP contribution in [0.4, 0.5) is 0 Å². The molecule has 0 radical (unpaired) electrons. The summed E-state index contributed by atoms with van der Waals surface area (Å²) in [5.41, 5.74) is 3.77. The standard InChI is InChI=1S/C36H30N6O3S3/c43-31-28-20-47-35(41-28)26(17-23-12-6-2-7-13-23)39-33(45)30-21-48-36(42-30)27(18-24-14-8-3-9-15-24)38-32(44)29-19-46-34(40-29)25(37-31)16-22-10-4-1-5-11-22/h1-15,19-21,25-27H,16-18H2,(H,37,43)(H,38,44)(H,39,45)/t25-,26-,27-/m0/s1. The molecule has 6 bridgehead atoms. The van der Waals surface area contributed by atoms with Gasteiger partial charge in [0.25, 0.3) is 17.7 Å². The van der Waals surface area contributed by atoms with Crippen LogP contribution in [-0.4, -0.2) is 32.7 Å². The Morgan fingerprint density at radius 3 is 0.979 bits per heavy atom. The highest BCUT2D eigenvalue weighted by Crippen LogP contribution is 2.28. The first-order chi connectivity index (χ1) is 23.5. The minimum Gasteiger partial charge on any atom is -0.341 e. The number of hydrogen-bond donors (Lipinski definition) is 3. The van der Waals surface area contributed by atoms with Gasteiger partial charge in [-0.2, -0.15) is 0 Å². The van der Waals surface area contributed by atoms with Crippen molar-refractivity contribution in [2.45, 2.75) is 37.4 Å². The average Bonchev–Trinajstić information content (AvgIpc) is 3.90. The van der Waals surface area contributed by atoms with E-state index in [9.17, 15) is 14.4 Å². The van der Waals surface area contributed by atoms with Crippen molar-refractivity contribution in [3.8, 4) is 0 Å². The lowest BCUT2D eigenvalue weighted by molar-refractivity contribution is 0.0928. The smallest absolute Gasteiger partial charge is 0.271 e. The molecule has 0 saturated carbocycles. The lowest BCUT2D eigenvalue weighted by atomic mass is 10.1. The third kappa shape index (κ3) is 7.41. The molecule has 3 aromatic heterocycles. The van der Waals surface area contributed by atoms with Crippen molar-refractivity contribution in [3.63, 3.8) is 0 Å². The Morgan fingerprint density at radius 2 is 0.708 bits per heavy atom. The van der Waals surface area contributed by atoms with Crippen LogP contribution < -0.4 is 16.0 Å². The average molecular weight is 691 g/mol. The van der Waals surface area contributed by atoms with E-state index in [0.717, 1.165) is 16.7 Å². The monoisotopic (exact) mass is 690 g/mol. The number of benzene rings is 3. The van der Waals surface area contributed by atoms with E-state index in [1.807, 2.05) is 91.0 Å². The van der Waals surface area contributed by atoms with Gasteiger partial charge in [-0.25, -0.2) is 15.0 Å². The number of rotatable bonds is 6. The van der Waals surface area contributed by atoms with Gasteiger partial charge < -0.3 is 16.0 Å². The number of nitrogens with zero attached hydrogens (tertiary/aromatic N) is 3. The van der Waals surface area contributed by atoms with Crippen LogP contribution in [-0.2, 0) is 19.3 Å². The van der Waals surface area contributed by atoms with Crippen molar-refractivity contribution in [1.82, 2.24) is 30.9 Å². The van der Waals surface area contributed by atoms with Crippen LogP contribution in [0, 0.1) is 0 Å². The van der Waals surface area contributed by atoms with Crippen LogP contribution in [0.15, 0.2) is 107 Å². The summed E-state index contributed by atoms with van der Waals surface area (Å²) in [6.07, 6.45) is 1.43. The van der Waals surface area contributed by atoms with E-state index >= 15 is 0 Å². The fourth-order valence-corrected chi connectivity index (χ4v) is 8.05. The zero-order valence-electron chi connectivity index (χ0n) is 25.5. The van der Waals surface area contributed by atoms with Crippen LogP contribution >= 0.6 is 34.0 Å². The minimum atomic E-state index is -0.503. The molecule has 0 aliphatic carbocycles. The fraction of sp³-hybridized carbons (Fsp3) is 0.167. The summed E-state index contributed by atoms with van der Waals surface area (Å²) in [5, 5.41) is 16.3. The summed E-state index contributed by atoms with van der Waals surface area (Å²) in [6.45, 7) is 0. The van der Waals surface area contributed by atoms with Gasteiger partial charge in [-0.05, 0) is 36.0 Å². The summed E-state index contributed by atoms with van der Waals surface area (Å²) in [6, 6.07) is 28.0. The van der Waals surface area contributed by atoms with Crippen LogP contribution in [0.2, 0.25) is 0 Å². The van der Waals surface area contributed by atoms with Gasteiger partial charge in [0.05, 0.1) is 18.1 Å². The molecule has 6 aromatic rings. The number of amides is 3. The van der Waals surface area contributed by atoms with Gasteiger partial charge in [-0.1, -0.05) is 91.0 Å². The number of carbonyl (C=O) groups excluding carboxylic acids is 3. The van der Waals surface area contributed by atoms with Crippen molar-refractivity contribution >= 4 is 51.7 Å². The molecule has 0 saturated heterocycles. The molecular formula is C36H30N6O3S3. The van der Waals surface area contributed by atoms with Gasteiger partial charge in [0.1, 0.15) is 32.1 Å². The van der Waals surface area contributed by atoms with Gasteiger partial charge in [-0.3, -0.25) is 14.4 Å². The summed E-state index contributed by atoms with van der Waals surface area (Å²) in [4.78, 5) is 55.2. The van der Waals surface area contributed by atoms with Gasteiger partial charge in [0, 0.05) is 16.1 Å². The van der Waals surface area contributed by atoms with Crippen LogP contribution in [0.5, 0.6) is 0 Å². The van der Waals surface area contributed by atoms with E-state index in [1.165, 1.54) is 34.0 Å². The zero-order valence-corrected chi connectivity index (χ0v) is 28.0. The SMILES string of the molecule is O=C1N[C@@H](Cc2ccccc2)c2nc(cs2)C(=O)N[C@@H](Cc2ccccc2)c2nc(cs2)C(=O)N[C@@H](Cc2ccccc2)c2nc1cs2. The highest BCUT2D eigenvalue weighted by molar-refractivity contribution is 7.10. The Balaban J connectivity index is 1.28. The molecule has 240 valence electrons. The van der Waals surface area contributed by atoms with E-state index in [4.69, 9.17) is 15.0 Å². The van der Waals surface area contributed by atoms with Gasteiger partial charge in [0.2, 0.25) is 0 Å². The van der Waals surface area contributed by atoms with Crippen LogP contribution in [0.3, 0.4) is 0 Å². The first-order valence-electron chi connectivity index (χ1n) is 15.4. The Hall–Kier alpha value is -5.04. The number of nitrogens with one attached hydrogen (secondary N) is 3. The van der Waals surface area contributed by atoms with E-state index in [1.54, 1.807) is 16.1 Å². The predicted molar refractivity (Wildman–Crippen MR) is 187 cm³/mol. The Labute approximate surface area is 289 Å². The minimum absolute atomic E-state index is 0.246. The molecule has 3 atom stereocenters.